The van der Waals surface area contributed by atoms with Gasteiger partial charge in [0, 0.05) is 22.8 Å². The molecule has 1 heterocycles. The molecule has 1 aromatic heterocycles. The van der Waals surface area contributed by atoms with Crippen molar-refractivity contribution in [2.75, 3.05) is 11.1 Å². The quantitative estimate of drug-likeness (QED) is 0.815. The predicted molar refractivity (Wildman–Crippen MR) is 74.1 cm³/mol. The highest BCUT2D eigenvalue weighted by atomic mass is 19.1. The summed E-state index contributed by atoms with van der Waals surface area (Å²) in [6.07, 6.45) is 2.52. The van der Waals surface area contributed by atoms with Crippen molar-refractivity contribution in [1.82, 2.24) is 4.98 Å². The molecule has 1 aromatic carbocycles. The van der Waals surface area contributed by atoms with Crippen LogP contribution in [0.4, 0.5) is 15.8 Å². The Kier molecular flexibility index (Phi) is 3.11. The molecule has 0 aliphatic carbocycles. The van der Waals surface area contributed by atoms with Crippen LogP contribution in [0, 0.1) is 5.82 Å². The average molecular weight is 247 g/mol. The Labute approximate surface area is 106 Å². The van der Waals surface area contributed by atoms with Gasteiger partial charge in [-0.15, -0.1) is 0 Å². The van der Waals surface area contributed by atoms with E-state index in [1.165, 1.54) is 6.07 Å². The first-order chi connectivity index (χ1) is 8.44. The number of nitrogens with two attached hydrogens (primary N) is 1. The second kappa shape index (κ2) is 4.44. The summed E-state index contributed by atoms with van der Waals surface area (Å²) < 4.78 is 14.1. The van der Waals surface area contributed by atoms with E-state index in [2.05, 4.69) is 17.2 Å². The van der Waals surface area contributed by atoms with Gasteiger partial charge in [0.25, 0.3) is 0 Å². The largest absolute Gasteiger partial charge is 0.398 e. The second-order valence-electron chi connectivity index (χ2n) is 5.08. The maximum Gasteiger partial charge on any atom is 0.150 e. The molecule has 3 N–H and O–H groups in total. The SMILES string of the molecule is CCC(C)(C)Nc1c(F)cc(N)c2cccnc12. The van der Waals surface area contributed by atoms with Gasteiger partial charge >= 0.3 is 0 Å². The van der Waals surface area contributed by atoms with Crippen molar-refractivity contribution in [3.05, 3.63) is 30.2 Å². The maximum atomic E-state index is 14.1. The van der Waals surface area contributed by atoms with E-state index in [9.17, 15) is 4.39 Å². The van der Waals surface area contributed by atoms with Crippen molar-refractivity contribution < 1.29 is 4.39 Å². The lowest BCUT2D eigenvalue weighted by Crippen LogP contribution is -2.30. The number of pyridine rings is 1. The minimum Gasteiger partial charge on any atom is -0.398 e. The lowest BCUT2D eigenvalue weighted by molar-refractivity contribution is 0.538. The number of hydrogen-bond acceptors (Lipinski definition) is 3. The van der Waals surface area contributed by atoms with Gasteiger partial charge in [0.2, 0.25) is 0 Å². The summed E-state index contributed by atoms with van der Waals surface area (Å²) in [6, 6.07) is 4.99. The molecule has 2 rings (SSSR count). The van der Waals surface area contributed by atoms with Crippen LogP contribution in [0.3, 0.4) is 0 Å². The van der Waals surface area contributed by atoms with Crippen LogP contribution in [0.25, 0.3) is 10.9 Å². The van der Waals surface area contributed by atoms with Crippen molar-refractivity contribution in [1.29, 1.82) is 0 Å². The van der Waals surface area contributed by atoms with Crippen LogP contribution in [0.15, 0.2) is 24.4 Å². The molecule has 0 radical (unpaired) electrons. The predicted octanol–water partition coefficient (Wildman–Crippen LogP) is 3.56. The fraction of sp³-hybridized carbons (Fsp3) is 0.357. The molecule has 3 nitrogen and oxygen atoms in total. The number of anilines is 2. The summed E-state index contributed by atoms with van der Waals surface area (Å²) >= 11 is 0. The molecular formula is C14H18FN3. The molecule has 0 saturated carbocycles. The van der Waals surface area contributed by atoms with Gasteiger partial charge in [-0.05, 0) is 38.5 Å². The van der Waals surface area contributed by atoms with Crippen LogP contribution in [0.2, 0.25) is 0 Å². The van der Waals surface area contributed by atoms with E-state index in [0.717, 1.165) is 11.8 Å². The summed E-state index contributed by atoms with van der Waals surface area (Å²) in [6.45, 7) is 6.10. The molecule has 96 valence electrons. The number of fused-ring (bicyclic) bond motifs is 1. The average Bonchev–Trinajstić information content (AvgIpc) is 2.34. The van der Waals surface area contributed by atoms with Crippen LogP contribution in [-0.4, -0.2) is 10.5 Å². The van der Waals surface area contributed by atoms with E-state index in [1.54, 1.807) is 12.3 Å². The van der Waals surface area contributed by atoms with E-state index in [-0.39, 0.29) is 11.4 Å². The Balaban J connectivity index is 2.63. The molecule has 4 heteroatoms. The van der Waals surface area contributed by atoms with Gasteiger partial charge in [0.05, 0.1) is 11.2 Å². The fourth-order valence-corrected chi connectivity index (χ4v) is 1.78. The number of nitrogens with zero attached hydrogens (tertiary/aromatic N) is 1. The van der Waals surface area contributed by atoms with Gasteiger partial charge < -0.3 is 11.1 Å². The van der Waals surface area contributed by atoms with Gasteiger partial charge in [-0.1, -0.05) is 6.92 Å². The van der Waals surface area contributed by atoms with Crippen molar-refractivity contribution in [3.8, 4) is 0 Å². The van der Waals surface area contributed by atoms with Crippen molar-refractivity contribution in [3.63, 3.8) is 0 Å². The molecule has 0 spiro atoms. The molecular weight excluding hydrogens is 229 g/mol. The number of benzene rings is 1. The van der Waals surface area contributed by atoms with Gasteiger partial charge in [0.15, 0.2) is 5.82 Å². The number of aromatic nitrogens is 1. The highest BCUT2D eigenvalue weighted by Crippen LogP contribution is 2.31. The first-order valence-corrected chi connectivity index (χ1v) is 6.05. The topological polar surface area (TPSA) is 50.9 Å². The minimum absolute atomic E-state index is 0.193. The molecule has 0 aliphatic heterocycles. The van der Waals surface area contributed by atoms with Crippen LogP contribution in [-0.2, 0) is 0 Å². The van der Waals surface area contributed by atoms with E-state index in [0.29, 0.717) is 16.9 Å². The van der Waals surface area contributed by atoms with Gasteiger partial charge in [-0.25, -0.2) is 4.39 Å². The smallest absolute Gasteiger partial charge is 0.150 e. The Bertz CT molecular complexity index is 579. The zero-order chi connectivity index (χ0) is 13.3. The summed E-state index contributed by atoms with van der Waals surface area (Å²) in [5.41, 5.74) is 7.04. The molecule has 0 atom stereocenters. The minimum atomic E-state index is -0.361. The van der Waals surface area contributed by atoms with Crippen LogP contribution in [0.5, 0.6) is 0 Å². The number of nitrogen functional groups attached to an aromatic ring is 1. The molecule has 2 aromatic rings. The third-order valence-corrected chi connectivity index (χ3v) is 3.22. The van der Waals surface area contributed by atoms with Crippen molar-refractivity contribution >= 4 is 22.3 Å². The van der Waals surface area contributed by atoms with E-state index in [4.69, 9.17) is 5.73 Å². The Hall–Kier alpha value is -1.84. The standard InChI is InChI=1S/C14H18FN3/c1-4-14(2,3)18-13-10(15)8-11(16)9-6-5-7-17-12(9)13/h5-8,18H,4,16H2,1-3H3. The van der Waals surface area contributed by atoms with Crippen molar-refractivity contribution in [2.24, 2.45) is 0 Å². The van der Waals surface area contributed by atoms with Gasteiger partial charge in [0.1, 0.15) is 0 Å². The summed E-state index contributed by atoms with van der Waals surface area (Å²) in [4.78, 5) is 4.24. The normalized spacial score (nSPS) is 11.8. The Morgan fingerprint density at radius 1 is 1.44 bits per heavy atom. The van der Waals surface area contributed by atoms with Crippen LogP contribution >= 0.6 is 0 Å². The first kappa shape index (κ1) is 12.6. The Morgan fingerprint density at radius 2 is 2.17 bits per heavy atom. The highest BCUT2D eigenvalue weighted by molar-refractivity contribution is 5.98. The first-order valence-electron chi connectivity index (χ1n) is 6.05. The summed E-state index contributed by atoms with van der Waals surface area (Å²) in [5, 5.41) is 3.98. The third kappa shape index (κ3) is 2.23. The Morgan fingerprint density at radius 3 is 2.83 bits per heavy atom. The zero-order valence-corrected chi connectivity index (χ0v) is 10.9. The maximum absolute atomic E-state index is 14.1. The van der Waals surface area contributed by atoms with E-state index < -0.39 is 0 Å². The molecule has 0 amide bonds. The van der Waals surface area contributed by atoms with Crippen LogP contribution in [0.1, 0.15) is 27.2 Å². The highest BCUT2D eigenvalue weighted by Gasteiger charge is 2.19. The van der Waals surface area contributed by atoms with Gasteiger partial charge in [-0.3, -0.25) is 4.98 Å². The molecule has 0 saturated heterocycles. The lowest BCUT2D eigenvalue weighted by atomic mass is 10.0. The number of nitrogens with one attached hydrogen (secondary N) is 1. The third-order valence-electron chi connectivity index (χ3n) is 3.22. The molecule has 0 bridgehead atoms. The number of hydrogen-bond donors (Lipinski definition) is 2. The fourth-order valence-electron chi connectivity index (χ4n) is 1.78. The summed E-state index contributed by atoms with van der Waals surface area (Å²) in [5.74, 6) is -0.361. The molecule has 18 heavy (non-hydrogen) atoms. The number of halogens is 1. The van der Waals surface area contributed by atoms with E-state index >= 15 is 0 Å². The van der Waals surface area contributed by atoms with Crippen LogP contribution < -0.4 is 11.1 Å². The number of rotatable bonds is 3. The molecule has 0 fully saturated rings. The van der Waals surface area contributed by atoms with Gasteiger partial charge in [-0.2, -0.15) is 0 Å². The second-order valence-corrected chi connectivity index (χ2v) is 5.08. The van der Waals surface area contributed by atoms with E-state index in [1.807, 2.05) is 19.9 Å². The van der Waals surface area contributed by atoms with Crippen molar-refractivity contribution in [2.45, 2.75) is 32.7 Å². The summed E-state index contributed by atoms with van der Waals surface area (Å²) in [7, 11) is 0. The lowest BCUT2D eigenvalue weighted by Gasteiger charge is -2.27. The monoisotopic (exact) mass is 247 g/mol. The zero-order valence-electron chi connectivity index (χ0n) is 10.9. The molecule has 0 unspecified atom stereocenters. The molecule has 0 aliphatic rings.